The van der Waals surface area contributed by atoms with Gasteiger partial charge < -0.3 is 10.2 Å². The van der Waals surface area contributed by atoms with E-state index in [9.17, 15) is 13.6 Å². The highest BCUT2D eigenvalue weighted by Gasteiger charge is 2.17. The molecule has 1 aliphatic heterocycles. The zero-order valence-corrected chi connectivity index (χ0v) is 13.4. The molecule has 2 aromatic rings. The number of amides is 1. The fourth-order valence-corrected chi connectivity index (χ4v) is 3.01. The van der Waals surface area contributed by atoms with Crippen molar-refractivity contribution in [2.75, 3.05) is 18.0 Å². The van der Waals surface area contributed by atoms with Crippen LogP contribution in [0.3, 0.4) is 0 Å². The summed E-state index contributed by atoms with van der Waals surface area (Å²) in [5.74, 6) is -1.91. The summed E-state index contributed by atoms with van der Waals surface area (Å²) >= 11 is 0. The van der Waals surface area contributed by atoms with Crippen LogP contribution in [0.4, 0.5) is 14.5 Å². The van der Waals surface area contributed by atoms with Crippen LogP contribution < -0.4 is 10.2 Å². The maximum Gasteiger partial charge on any atom is 0.239 e. The van der Waals surface area contributed by atoms with Gasteiger partial charge in [0, 0.05) is 18.8 Å². The third-order valence-corrected chi connectivity index (χ3v) is 4.26. The number of hydrogen-bond donors (Lipinski definition) is 1. The van der Waals surface area contributed by atoms with Crippen molar-refractivity contribution in [1.29, 1.82) is 0 Å². The zero-order chi connectivity index (χ0) is 16.9. The van der Waals surface area contributed by atoms with Crippen LogP contribution in [0.2, 0.25) is 0 Å². The number of halogens is 2. The summed E-state index contributed by atoms with van der Waals surface area (Å²) < 4.78 is 26.1. The Morgan fingerprint density at radius 3 is 2.75 bits per heavy atom. The minimum Gasteiger partial charge on any atom is -0.362 e. The molecule has 0 radical (unpaired) electrons. The maximum atomic E-state index is 13.2. The van der Waals surface area contributed by atoms with E-state index in [1.54, 1.807) is 0 Å². The lowest BCUT2D eigenvalue weighted by Gasteiger charge is -2.24. The summed E-state index contributed by atoms with van der Waals surface area (Å²) in [6.45, 7) is 1.29. The molecular formula is C19H20F2N2O. The van der Waals surface area contributed by atoms with Crippen molar-refractivity contribution < 1.29 is 13.6 Å². The molecule has 0 spiro atoms. The van der Waals surface area contributed by atoms with E-state index in [2.05, 4.69) is 16.3 Å². The summed E-state index contributed by atoms with van der Waals surface area (Å²) in [4.78, 5) is 14.3. The lowest BCUT2D eigenvalue weighted by atomic mass is 10.1. The summed E-state index contributed by atoms with van der Waals surface area (Å²) in [6, 6.07) is 11.8. The molecule has 0 aromatic heterocycles. The molecule has 2 aromatic carbocycles. The Kier molecular flexibility index (Phi) is 5.08. The molecule has 24 heavy (non-hydrogen) atoms. The van der Waals surface area contributed by atoms with Crippen LogP contribution >= 0.6 is 0 Å². The fourth-order valence-electron chi connectivity index (χ4n) is 3.01. The lowest BCUT2D eigenvalue weighted by molar-refractivity contribution is -0.119. The summed E-state index contributed by atoms with van der Waals surface area (Å²) in [7, 11) is 0. The number of nitrogens with zero attached hydrogens (tertiary/aromatic N) is 1. The maximum absolute atomic E-state index is 13.2. The summed E-state index contributed by atoms with van der Waals surface area (Å²) in [5, 5.41) is 2.77. The van der Waals surface area contributed by atoms with Gasteiger partial charge in [0.25, 0.3) is 0 Å². The number of benzene rings is 2. The molecule has 1 aliphatic rings. The van der Waals surface area contributed by atoms with Gasteiger partial charge in [-0.1, -0.05) is 24.3 Å². The third-order valence-electron chi connectivity index (χ3n) is 4.26. The normalized spacial score (nSPS) is 14.0. The quantitative estimate of drug-likeness (QED) is 0.931. The average molecular weight is 330 g/mol. The number of rotatable bonds is 4. The van der Waals surface area contributed by atoms with Gasteiger partial charge >= 0.3 is 0 Å². The molecule has 0 unspecified atom stereocenters. The highest BCUT2D eigenvalue weighted by molar-refractivity contribution is 5.81. The number of aryl methyl sites for hydroxylation is 1. The predicted molar refractivity (Wildman–Crippen MR) is 89.8 cm³/mol. The second-order valence-electron chi connectivity index (χ2n) is 6.03. The largest absolute Gasteiger partial charge is 0.362 e. The molecule has 0 bridgehead atoms. The van der Waals surface area contributed by atoms with Gasteiger partial charge in [-0.15, -0.1) is 0 Å². The molecule has 1 heterocycles. The second kappa shape index (κ2) is 7.43. The minimum absolute atomic E-state index is 0.128. The highest BCUT2D eigenvalue weighted by Crippen LogP contribution is 2.25. The topological polar surface area (TPSA) is 32.3 Å². The number of carbonyl (C=O) groups excluding carboxylic acids is 1. The van der Waals surface area contributed by atoms with Crippen LogP contribution in [0, 0.1) is 11.6 Å². The van der Waals surface area contributed by atoms with E-state index < -0.39 is 11.6 Å². The van der Waals surface area contributed by atoms with Gasteiger partial charge in [0.05, 0.1) is 6.54 Å². The monoisotopic (exact) mass is 330 g/mol. The van der Waals surface area contributed by atoms with Crippen LogP contribution in [0.15, 0.2) is 42.5 Å². The Morgan fingerprint density at radius 1 is 1.08 bits per heavy atom. The molecule has 1 amide bonds. The first kappa shape index (κ1) is 16.4. The molecule has 5 heteroatoms. The molecule has 0 fully saturated rings. The van der Waals surface area contributed by atoms with Crippen LogP contribution in [0.1, 0.15) is 24.0 Å². The Bertz CT molecular complexity index is 733. The van der Waals surface area contributed by atoms with Crippen LogP contribution in [0.5, 0.6) is 0 Å². The van der Waals surface area contributed by atoms with Crippen molar-refractivity contribution in [1.82, 2.24) is 5.32 Å². The molecule has 0 saturated carbocycles. The Hall–Kier alpha value is -2.43. The van der Waals surface area contributed by atoms with Gasteiger partial charge in [0.2, 0.25) is 5.91 Å². The van der Waals surface area contributed by atoms with E-state index in [1.807, 2.05) is 18.2 Å². The molecule has 126 valence electrons. The van der Waals surface area contributed by atoms with Crippen LogP contribution in [-0.4, -0.2) is 19.0 Å². The van der Waals surface area contributed by atoms with Crippen molar-refractivity contribution >= 4 is 11.6 Å². The van der Waals surface area contributed by atoms with Crippen LogP contribution in [0.25, 0.3) is 0 Å². The SMILES string of the molecule is O=C(CN1CCCCc2ccccc21)NCc1ccc(F)c(F)c1. The molecule has 0 atom stereocenters. The summed E-state index contributed by atoms with van der Waals surface area (Å²) in [5.41, 5.74) is 2.92. The standard InChI is InChI=1S/C19H20F2N2O/c20-16-9-8-14(11-17(16)21)12-22-19(24)13-23-10-4-3-6-15-5-1-2-7-18(15)23/h1-2,5,7-9,11H,3-4,6,10,12-13H2,(H,22,24). The van der Waals surface area contributed by atoms with E-state index in [-0.39, 0.29) is 19.0 Å². The Labute approximate surface area is 140 Å². The molecule has 1 N–H and O–H groups in total. The van der Waals surface area contributed by atoms with E-state index >= 15 is 0 Å². The van der Waals surface area contributed by atoms with Crippen molar-refractivity contribution in [2.24, 2.45) is 0 Å². The van der Waals surface area contributed by atoms with Gasteiger partial charge in [0.1, 0.15) is 0 Å². The second-order valence-corrected chi connectivity index (χ2v) is 6.03. The van der Waals surface area contributed by atoms with Gasteiger partial charge in [-0.3, -0.25) is 4.79 Å². The number of fused-ring (bicyclic) bond motifs is 1. The van der Waals surface area contributed by atoms with E-state index in [1.165, 1.54) is 11.6 Å². The predicted octanol–water partition coefficient (Wildman–Crippen LogP) is 3.42. The molecular weight excluding hydrogens is 310 g/mol. The number of anilines is 1. The van der Waals surface area contributed by atoms with Gasteiger partial charge in [-0.05, 0) is 48.6 Å². The van der Waals surface area contributed by atoms with Crippen molar-refractivity contribution in [3.8, 4) is 0 Å². The first-order valence-electron chi connectivity index (χ1n) is 8.17. The highest BCUT2D eigenvalue weighted by atomic mass is 19.2. The minimum atomic E-state index is -0.900. The summed E-state index contributed by atoms with van der Waals surface area (Å²) in [6.07, 6.45) is 3.19. The van der Waals surface area contributed by atoms with E-state index in [4.69, 9.17) is 0 Å². The zero-order valence-electron chi connectivity index (χ0n) is 13.4. The van der Waals surface area contributed by atoms with Gasteiger partial charge in [-0.25, -0.2) is 8.78 Å². The smallest absolute Gasteiger partial charge is 0.239 e. The first-order chi connectivity index (χ1) is 11.6. The lowest BCUT2D eigenvalue weighted by Crippen LogP contribution is -2.37. The number of carbonyl (C=O) groups is 1. The van der Waals surface area contributed by atoms with Crippen molar-refractivity contribution in [3.05, 3.63) is 65.2 Å². The molecule has 3 nitrogen and oxygen atoms in total. The molecule has 0 aliphatic carbocycles. The number of nitrogens with one attached hydrogen (secondary N) is 1. The number of para-hydroxylation sites is 1. The van der Waals surface area contributed by atoms with Crippen molar-refractivity contribution in [2.45, 2.75) is 25.8 Å². The van der Waals surface area contributed by atoms with Gasteiger partial charge in [0.15, 0.2) is 11.6 Å². The molecule has 3 rings (SSSR count). The Morgan fingerprint density at radius 2 is 1.92 bits per heavy atom. The number of hydrogen-bond acceptors (Lipinski definition) is 2. The third kappa shape index (κ3) is 3.91. The average Bonchev–Trinajstić information content (AvgIpc) is 2.79. The van der Waals surface area contributed by atoms with E-state index in [0.717, 1.165) is 43.6 Å². The van der Waals surface area contributed by atoms with Gasteiger partial charge in [-0.2, -0.15) is 0 Å². The fraction of sp³-hybridized carbons (Fsp3) is 0.316. The van der Waals surface area contributed by atoms with E-state index in [0.29, 0.717) is 5.56 Å². The Balaban J connectivity index is 1.61. The first-order valence-corrected chi connectivity index (χ1v) is 8.17. The van der Waals surface area contributed by atoms with Crippen LogP contribution in [-0.2, 0) is 17.8 Å². The van der Waals surface area contributed by atoms with Crippen molar-refractivity contribution in [3.63, 3.8) is 0 Å². The molecule has 0 saturated heterocycles.